The number of aromatic nitrogens is 1. The van der Waals surface area contributed by atoms with Gasteiger partial charge in [0.25, 0.3) is 11.8 Å². The summed E-state index contributed by atoms with van der Waals surface area (Å²) in [6.45, 7) is 2.17. The molecule has 0 spiro atoms. The van der Waals surface area contributed by atoms with Gasteiger partial charge in [0.15, 0.2) is 0 Å². The largest absolute Gasteiger partial charge is 0.396 e. The molecule has 0 bridgehead atoms. The smallest absolute Gasteiger partial charge is 0.272 e. The molecule has 1 aliphatic heterocycles. The highest BCUT2D eigenvalue weighted by Crippen LogP contribution is 2.19. The van der Waals surface area contributed by atoms with Gasteiger partial charge in [-0.3, -0.25) is 14.5 Å². The van der Waals surface area contributed by atoms with E-state index in [2.05, 4.69) is 9.88 Å². The predicted molar refractivity (Wildman–Crippen MR) is 96.3 cm³/mol. The quantitative estimate of drug-likeness (QED) is 0.442. The number of aliphatic hydroxyl groups excluding tert-OH is 3. The molecule has 9 nitrogen and oxygen atoms in total. The highest BCUT2D eigenvalue weighted by molar-refractivity contribution is 5.96. The first kappa shape index (κ1) is 22.3. The van der Waals surface area contributed by atoms with E-state index in [4.69, 9.17) is 10.8 Å². The summed E-state index contributed by atoms with van der Waals surface area (Å²) in [7, 11) is 0. The highest BCUT2D eigenvalue weighted by Gasteiger charge is 2.25. The lowest BCUT2D eigenvalue weighted by molar-refractivity contribution is 0.0608. The van der Waals surface area contributed by atoms with Crippen molar-refractivity contribution >= 4 is 24.2 Å². The van der Waals surface area contributed by atoms with Crippen molar-refractivity contribution in [3.05, 3.63) is 29.1 Å². The molecule has 0 aliphatic carbocycles. The van der Waals surface area contributed by atoms with Crippen LogP contribution < -0.4 is 5.73 Å². The van der Waals surface area contributed by atoms with E-state index in [0.717, 1.165) is 0 Å². The van der Waals surface area contributed by atoms with Gasteiger partial charge in [0.2, 0.25) is 0 Å². The molecule has 5 N–H and O–H groups in total. The van der Waals surface area contributed by atoms with Gasteiger partial charge in [0.05, 0.1) is 31.1 Å². The van der Waals surface area contributed by atoms with E-state index in [1.165, 1.54) is 12.1 Å². The summed E-state index contributed by atoms with van der Waals surface area (Å²) in [5.74, 6) is -1.79. The Morgan fingerprint density at radius 2 is 1.73 bits per heavy atom. The van der Waals surface area contributed by atoms with E-state index in [0.29, 0.717) is 32.7 Å². The van der Waals surface area contributed by atoms with Crippen molar-refractivity contribution in [3.63, 3.8) is 0 Å². The summed E-state index contributed by atoms with van der Waals surface area (Å²) >= 11 is 0. The van der Waals surface area contributed by atoms with Crippen LogP contribution in [0.1, 0.15) is 32.5 Å². The fourth-order valence-electron chi connectivity index (χ4n) is 2.82. The molecule has 1 aromatic heterocycles. The fourth-order valence-corrected chi connectivity index (χ4v) is 2.82. The minimum Gasteiger partial charge on any atom is -0.396 e. The standard InChI is InChI=1S/C16H24N4O5.ClH/c17-15(24)12-1-2-13(18-14(12)11(9-22)10-23)16(25)20-5-3-19(4-6-20)7-8-21;/h1-2,11,21-23H,3-10H2,(H2,17,24);1H. The highest BCUT2D eigenvalue weighted by atomic mass is 35.5. The number of piperazine rings is 1. The molecule has 1 aliphatic rings. The number of primary amides is 1. The zero-order valence-electron chi connectivity index (χ0n) is 14.4. The summed E-state index contributed by atoms with van der Waals surface area (Å²) in [6.07, 6.45) is 0. The van der Waals surface area contributed by atoms with Crippen LogP contribution in [0.15, 0.2) is 12.1 Å². The maximum atomic E-state index is 12.7. The first-order valence-corrected chi connectivity index (χ1v) is 8.16. The van der Waals surface area contributed by atoms with E-state index in [1.54, 1.807) is 4.90 Å². The van der Waals surface area contributed by atoms with Gasteiger partial charge in [-0.1, -0.05) is 0 Å². The Labute approximate surface area is 157 Å². The third-order valence-electron chi connectivity index (χ3n) is 4.31. The number of amides is 2. The molecule has 26 heavy (non-hydrogen) atoms. The number of nitrogens with two attached hydrogens (primary N) is 1. The van der Waals surface area contributed by atoms with E-state index >= 15 is 0 Å². The molecular formula is C16H25ClN4O5. The number of carbonyl (C=O) groups is 2. The molecule has 0 unspecified atom stereocenters. The molecule has 0 aromatic carbocycles. The van der Waals surface area contributed by atoms with Crippen molar-refractivity contribution < 1.29 is 24.9 Å². The zero-order valence-corrected chi connectivity index (χ0v) is 15.2. The minimum absolute atomic E-state index is 0. The summed E-state index contributed by atoms with van der Waals surface area (Å²) in [5, 5.41) is 27.7. The summed E-state index contributed by atoms with van der Waals surface area (Å²) < 4.78 is 0. The number of pyridine rings is 1. The third-order valence-corrected chi connectivity index (χ3v) is 4.31. The molecule has 0 atom stereocenters. The lowest BCUT2D eigenvalue weighted by atomic mass is 10.0. The second-order valence-electron chi connectivity index (χ2n) is 5.91. The van der Waals surface area contributed by atoms with Crippen LogP contribution in [0.25, 0.3) is 0 Å². The van der Waals surface area contributed by atoms with Gasteiger partial charge >= 0.3 is 0 Å². The second-order valence-corrected chi connectivity index (χ2v) is 5.91. The van der Waals surface area contributed by atoms with Gasteiger partial charge in [0.1, 0.15) is 5.69 Å². The van der Waals surface area contributed by atoms with Crippen LogP contribution in [-0.4, -0.2) is 94.5 Å². The van der Waals surface area contributed by atoms with Gasteiger partial charge in [-0.15, -0.1) is 12.4 Å². The Morgan fingerprint density at radius 1 is 1.12 bits per heavy atom. The molecular weight excluding hydrogens is 364 g/mol. The second kappa shape index (κ2) is 10.4. The van der Waals surface area contributed by atoms with E-state index in [9.17, 15) is 19.8 Å². The van der Waals surface area contributed by atoms with Gasteiger partial charge in [-0.05, 0) is 12.1 Å². The Hall–Kier alpha value is -1.78. The predicted octanol–water partition coefficient (Wildman–Crippen LogP) is -1.58. The number of aliphatic hydroxyl groups is 3. The van der Waals surface area contributed by atoms with Gasteiger partial charge in [0, 0.05) is 38.6 Å². The van der Waals surface area contributed by atoms with Crippen LogP contribution in [0.4, 0.5) is 0 Å². The number of rotatable bonds is 7. The molecule has 0 saturated carbocycles. The van der Waals surface area contributed by atoms with Gasteiger partial charge < -0.3 is 26.0 Å². The average molecular weight is 389 g/mol. The molecule has 146 valence electrons. The molecule has 2 amide bonds. The van der Waals surface area contributed by atoms with Crippen LogP contribution in [0, 0.1) is 0 Å². The first-order chi connectivity index (χ1) is 12.0. The molecule has 2 heterocycles. The normalized spacial score (nSPS) is 15.0. The van der Waals surface area contributed by atoms with E-state index in [1.807, 2.05) is 0 Å². The SMILES string of the molecule is Cl.NC(=O)c1ccc(C(=O)N2CCN(CCO)CC2)nc1C(CO)CO. The molecule has 10 heteroatoms. The lowest BCUT2D eigenvalue weighted by Gasteiger charge is -2.34. The van der Waals surface area contributed by atoms with Gasteiger partial charge in [-0.2, -0.15) is 0 Å². The monoisotopic (exact) mass is 388 g/mol. The van der Waals surface area contributed by atoms with Crippen molar-refractivity contribution in [2.75, 3.05) is 52.5 Å². The average Bonchev–Trinajstić information content (AvgIpc) is 2.63. The van der Waals surface area contributed by atoms with Gasteiger partial charge in [-0.25, -0.2) is 4.98 Å². The topological polar surface area (TPSA) is 140 Å². The van der Waals surface area contributed by atoms with Crippen molar-refractivity contribution in [1.29, 1.82) is 0 Å². The van der Waals surface area contributed by atoms with Crippen LogP contribution in [0.3, 0.4) is 0 Å². The number of halogens is 1. The summed E-state index contributed by atoms with van der Waals surface area (Å²) in [6, 6.07) is 2.83. The fraction of sp³-hybridized carbons (Fsp3) is 0.562. The molecule has 0 radical (unpaired) electrons. The Balaban J connectivity index is 0.00000338. The van der Waals surface area contributed by atoms with E-state index in [-0.39, 0.29) is 41.9 Å². The number of carbonyl (C=O) groups excluding carboxylic acids is 2. The first-order valence-electron chi connectivity index (χ1n) is 8.16. The number of nitrogens with zero attached hydrogens (tertiary/aromatic N) is 3. The maximum absolute atomic E-state index is 12.7. The lowest BCUT2D eigenvalue weighted by Crippen LogP contribution is -2.49. The van der Waals surface area contributed by atoms with Crippen LogP contribution in [0.2, 0.25) is 0 Å². The minimum atomic E-state index is -0.781. The number of β-amino-alcohol motifs (C(OH)–C–C–N with tert-alkyl or cyclic N) is 1. The van der Waals surface area contributed by atoms with Crippen LogP contribution >= 0.6 is 12.4 Å². The summed E-state index contributed by atoms with van der Waals surface area (Å²) in [5.41, 5.74) is 5.66. The van der Waals surface area contributed by atoms with Crippen molar-refractivity contribution in [1.82, 2.24) is 14.8 Å². The number of hydrogen-bond acceptors (Lipinski definition) is 7. The Morgan fingerprint density at radius 3 is 2.23 bits per heavy atom. The Kier molecular flexibility index (Phi) is 8.89. The van der Waals surface area contributed by atoms with Crippen molar-refractivity contribution in [2.24, 2.45) is 5.73 Å². The zero-order chi connectivity index (χ0) is 18.4. The molecule has 1 saturated heterocycles. The van der Waals surface area contributed by atoms with Crippen LogP contribution in [-0.2, 0) is 0 Å². The van der Waals surface area contributed by atoms with E-state index < -0.39 is 25.0 Å². The third kappa shape index (κ3) is 5.12. The molecule has 1 fully saturated rings. The maximum Gasteiger partial charge on any atom is 0.272 e. The Bertz CT molecular complexity index is 619. The molecule has 2 rings (SSSR count). The van der Waals surface area contributed by atoms with Crippen molar-refractivity contribution in [2.45, 2.75) is 5.92 Å². The van der Waals surface area contributed by atoms with Crippen molar-refractivity contribution in [3.8, 4) is 0 Å². The molecule has 1 aromatic rings. The number of hydrogen-bond donors (Lipinski definition) is 4. The van der Waals surface area contributed by atoms with Crippen LogP contribution in [0.5, 0.6) is 0 Å². The summed E-state index contributed by atoms with van der Waals surface area (Å²) in [4.78, 5) is 32.1.